The van der Waals surface area contributed by atoms with Gasteiger partial charge in [-0.2, -0.15) is 5.10 Å². The molecule has 0 radical (unpaired) electrons. The number of para-hydroxylation sites is 1. The lowest BCUT2D eigenvalue weighted by molar-refractivity contribution is -0.139. The number of benzene rings is 1. The highest BCUT2D eigenvalue weighted by Crippen LogP contribution is 2.22. The number of hydrogen-bond acceptors (Lipinski definition) is 4. The third-order valence-corrected chi connectivity index (χ3v) is 4.61. The van der Waals surface area contributed by atoms with Crippen LogP contribution in [0.25, 0.3) is 5.69 Å². The summed E-state index contributed by atoms with van der Waals surface area (Å²) in [5.74, 6) is -1.56. The Morgan fingerprint density at radius 1 is 1.07 bits per heavy atom. The van der Waals surface area contributed by atoms with E-state index in [1.54, 1.807) is 30.7 Å². The molecule has 0 bridgehead atoms. The van der Waals surface area contributed by atoms with Crippen molar-refractivity contribution < 1.29 is 9.59 Å². The topological polar surface area (TPSA) is 88.4 Å². The molecule has 0 unspecified atom stereocenters. The number of pyridine rings is 1. The molecule has 2 N–H and O–H groups in total. The van der Waals surface area contributed by atoms with E-state index in [1.165, 1.54) is 0 Å². The number of aryl methyl sites for hydroxylation is 2. The van der Waals surface area contributed by atoms with Crippen LogP contribution in [0.4, 0.5) is 0 Å². The molecule has 0 aliphatic heterocycles. The molecule has 0 aliphatic rings. The van der Waals surface area contributed by atoms with Crippen molar-refractivity contribution in [3.63, 3.8) is 0 Å². The van der Waals surface area contributed by atoms with Gasteiger partial charge in [-0.15, -0.1) is 0 Å². The van der Waals surface area contributed by atoms with E-state index in [4.69, 9.17) is 0 Å². The fraction of sp³-hybridized carbons (Fsp3) is 0.182. The summed E-state index contributed by atoms with van der Waals surface area (Å²) in [6, 6.07) is 13.6. The molecule has 3 rings (SSSR count). The number of rotatable bonds is 5. The molecule has 7 nitrogen and oxygen atoms in total. The molecule has 3 aromatic rings. The van der Waals surface area contributed by atoms with Gasteiger partial charge in [-0.25, -0.2) is 5.43 Å². The maximum absolute atomic E-state index is 11.9. The smallest absolute Gasteiger partial charge is 0.329 e. The van der Waals surface area contributed by atoms with Gasteiger partial charge in [0.05, 0.1) is 6.21 Å². The third-order valence-electron chi connectivity index (χ3n) is 4.61. The number of hydrogen-bond donors (Lipinski definition) is 2. The predicted octanol–water partition coefficient (Wildman–Crippen LogP) is 2.56. The second-order valence-electron chi connectivity index (χ2n) is 6.69. The fourth-order valence-electron chi connectivity index (χ4n) is 3.08. The van der Waals surface area contributed by atoms with Crippen LogP contribution in [0.15, 0.2) is 60.0 Å². The predicted molar refractivity (Wildman–Crippen MR) is 112 cm³/mol. The molecule has 0 fully saturated rings. The normalized spacial score (nSPS) is 10.9. The van der Waals surface area contributed by atoms with Crippen molar-refractivity contribution in [3.8, 4) is 5.69 Å². The van der Waals surface area contributed by atoms with Crippen LogP contribution in [0.5, 0.6) is 0 Å². The van der Waals surface area contributed by atoms with Gasteiger partial charge >= 0.3 is 11.8 Å². The van der Waals surface area contributed by atoms with E-state index in [-0.39, 0.29) is 6.54 Å². The summed E-state index contributed by atoms with van der Waals surface area (Å²) in [6.45, 7) is 6.31. The first-order valence-electron chi connectivity index (χ1n) is 9.22. The van der Waals surface area contributed by atoms with Gasteiger partial charge in [0.2, 0.25) is 0 Å². The Morgan fingerprint density at radius 3 is 2.52 bits per heavy atom. The maximum atomic E-state index is 11.9. The van der Waals surface area contributed by atoms with Crippen LogP contribution in [0.1, 0.15) is 28.1 Å². The van der Waals surface area contributed by atoms with Crippen LogP contribution >= 0.6 is 0 Å². The van der Waals surface area contributed by atoms with Gasteiger partial charge in [0, 0.05) is 41.6 Å². The number of hydrazone groups is 1. The van der Waals surface area contributed by atoms with Crippen molar-refractivity contribution in [2.75, 3.05) is 0 Å². The molecule has 7 heteroatoms. The Labute approximate surface area is 169 Å². The SMILES string of the molecule is Cc1ccccc1-n1c(C)cc(/C=N\NC(=O)C(=O)NCc2ccncc2)c1C. The largest absolute Gasteiger partial charge is 0.344 e. The number of nitrogens with one attached hydrogen (secondary N) is 2. The highest BCUT2D eigenvalue weighted by molar-refractivity contribution is 6.35. The van der Waals surface area contributed by atoms with E-state index in [2.05, 4.69) is 44.5 Å². The van der Waals surface area contributed by atoms with Gasteiger partial charge in [-0.05, 0) is 56.2 Å². The molecule has 29 heavy (non-hydrogen) atoms. The standard InChI is InChI=1S/C22H23N5O2/c1-15-6-4-5-7-20(15)27-16(2)12-19(17(27)3)14-25-26-22(29)21(28)24-13-18-8-10-23-11-9-18/h4-12,14H,13H2,1-3H3,(H,24,28)(H,26,29)/b25-14-. The molecule has 2 heterocycles. The minimum absolute atomic E-state index is 0.246. The monoisotopic (exact) mass is 389 g/mol. The van der Waals surface area contributed by atoms with Gasteiger partial charge in [0.25, 0.3) is 0 Å². The second-order valence-corrected chi connectivity index (χ2v) is 6.69. The quantitative estimate of drug-likeness (QED) is 0.399. The van der Waals surface area contributed by atoms with Crippen LogP contribution in [-0.2, 0) is 16.1 Å². The Bertz CT molecular complexity index is 1050. The number of nitrogens with zero attached hydrogens (tertiary/aromatic N) is 3. The van der Waals surface area contributed by atoms with Crippen molar-refractivity contribution in [1.82, 2.24) is 20.3 Å². The molecular weight excluding hydrogens is 366 g/mol. The summed E-state index contributed by atoms with van der Waals surface area (Å²) in [5, 5.41) is 6.48. The van der Waals surface area contributed by atoms with E-state index < -0.39 is 11.8 Å². The Hall–Kier alpha value is -3.74. The zero-order chi connectivity index (χ0) is 20.8. The minimum atomic E-state index is -0.817. The van der Waals surface area contributed by atoms with Gasteiger partial charge in [0.1, 0.15) is 0 Å². The van der Waals surface area contributed by atoms with Crippen LogP contribution in [0.3, 0.4) is 0 Å². The summed E-state index contributed by atoms with van der Waals surface area (Å²) >= 11 is 0. The average Bonchev–Trinajstić information content (AvgIpc) is 3.00. The van der Waals surface area contributed by atoms with Crippen molar-refractivity contribution in [3.05, 3.63) is 82.9 Å². The number of aromatic nitrogens is 2. The van der Waals surface area contributed by atoms with Crippen molar-refractivity contribution in [2.45, 2.75) is 27.3 Å². The lowest BCUT2D eigenvalue weighted by Gasteiger charge is -2.12. The van der Waals surface area contributed by atoms with Crippen molar-refractivity contribution >= 4 is 18.0 Å². The molecule has 148 valence electrons. The van der Waals surface area contributed by atoms with Gasteiger partial charge in [-0.3, -0.25) is 14.6 Å². The molecule has 0 saturated heterocycles. The highest BCUT2D eigenvalue weighted by Gasteiger charge is 2.13. The fourth-order valence-corrected chi connectivity index (χ4v) is 3.08. The molecule has 2 aromatic heterocycles. The first-order chi connectivity index (χ1) is 14.0. The zero-order valence-corrected chi connectivity index (χ0v) is 16.6. The molecule has 2 amide bonds. The van der Waals surface area contributed by atoms with Crippen LogP contribution in [0, 0.1) is 20.8 Å². The van der Waals surface area contributed by atoms with Crippen LogP contribution in [0.2, 0.25) is 0 Å². The Morgan fingerprint density at radius 2 is 1.79 bits per heavy atom. The van der Waals surface area contributed by atoms with Crippen molar-refractivity contribution in [2.24, 2.45) is 5.10 Å². The lowest BCUT2D eigenvalue weighted by atomic mass is 10.2. The van der Waals surface area contributed by atoms with Crippen LogP contribution < -0.4 is 10.7 Å². The van der Waals surface area contributed by atoms with Gasteiger partial charge in [-0.1, -0.05) is 18.2 Å². The third kappa shape index (κ3) is 4.76. The molecular formula is C22H23N5O2. The van der Waals surface area contributed by atoms with E-state index in [0.29, 0.717) is 0 Å². The maximum Gasteiger partial charge on any atom is 0.329 e. The molecule has 0 spiro atoms. The van der Waals surface area contributed by atoms with E-state index >= 15 is 0 Å². The van der Waals surface area contributed by atoms with Gasteiger partial charge in [0.15, 0.2) is 0 Å². The van der Waals surface area contributed by atoms with Gasteiger partial charge < -0.3 is 9.88 Å². The molecule has 0 aliphatic carbocycles. The zero-order valence-electron chi connectivity index (χ0n) is 16.6. The highest BCUT2D eigenvalue weighted by atomic mass is 16.2. The summed E-state index contributed by atoms with van der Waals surface area (Å²) in [5.41, 5.74) is 8.31. The summed E-state index contributed by atoms with van der Waals surface area (Å²) in [7, 11) is 0. The van der Waals surface area contributed by atoms with E-state index in [0.717, 1.165) is 33.8 Å². The first-order valence-corrected chi connectivity index (χ1v) is 9.22. The summed E-state index contributed by atoms with van der Waals surface area (Å²) < 4.78 is 2.14. The molecule has 1 aromatic carbocycles. The van der Waals surface area contributed by atoms with Crippen LogP contribution in [-0.4, -0.2) is 27.6 Å². The number of amides is 2. The Balaban J connectivity index is 1.63. The molecule has 0 atom stereocenters. The second kappa shape index (κ2) is 8.97. The summed E-state index contributed by atoms with van der Waals surface area (Å²) in [4.78, 5) is 27.7. The number of carbonyl (C=O) groups is 2. The van der Waals surface area contributed by atoms with E-state index in [9.17, 15) is 9.59 Å². The lowest BCUT2D eigenvalue weighted by Crippen LogP contribution is -2.37. The molecule has 0 saturated carbocycles. The average molecular weight is 389 g/mol. The van der Waals surface area contributed by atoms with Crippen molar-refractivity contribution in [1.29, 1.82) is 0 Å². The Kier molecular flexibility index (Phi) is 6.19. The first kappa shape index (κ1) is 20.0. The minimum Gasteiger partial charge on any atom is -0.344 e. The summed E-state index contributed by atoms with van der Waals surface area (Å²) in [6.07, 6.45) is 4.80. The van der Waals surface area contributed by atoms with E-state index in [1.807, 2.05) is 32.0 Å². The number of carbonyl (C=O) groups excluding carboxylic acids is 2.